The summed E-state index contributed by atoms with van der Waals surface area (Å²) in [5.74, 6) is -10.1. The normalized spacial score (nSPS) is 14.2. The van der Waals surface area contributed by atoms with Gasteiger partial charge in [-0.2, -0.15) is 13.2 Å². The minimum absolute atomic E-state index is 0.00663. The number of hydrogen-bond donors (Lipinski definition) is 13. The van der Waals surface area contributed by atoms with Crippen molar-refractivity contribution < 1.29 is 75.8 Å². The Morgan fingerprint density at radius 3 is 1.82 bits per heavy atom. The lowest BCUT2D eigenvalue weighted by Crippen LogP contribution is -2.59. The number of nitrogens with zero attached hydrogens (tertiary/aromatic N) is 2. The molecule has 1 aliphatic rings. The topological polar surface area (TPSA) is 436 Å². The molecule has 0 saturated heterocycles. The van der Waals surface area contributed by atoms with Crippen LogP contribution >= 0.6 is 0 Å². The Morgan fingerprint density at radius 1 is 0.664 bits per heavy atom. The second kappa shape index (κ2) is 41.3. The van der Waals surface area contributed by atoms with Crippen molar-refractivity contribution in [2.45, 2.75) is 195 Å². The predicted octanol–water partition coefficient (Wildman–Crippen LogP) is 3.70. The largest absolute Gasteiger partial charge is 0.542 e. The number of benzene rings is 4. The Morgan fingerprint density at radius 2 is 1.26 bits per heavy atom. The number of nitrogens with one attached hydrogen (secondary N) is 11. The molecule has 6 aromatic rings. The summed E-state index contributed by atoms with van der Waals surface area (Å²) in [6.45, 7) is 12.3. The van der Waals surface area contributed by atoms with Gasteiger partial charge in [0.05, 0.1) is 23.8 Å². The van der Waals surface area contributed by atoms with Crippen molar-refractivity contribution in [3.8, 4) is 0 Å². The number of fused-ring (bicyclic) bond motifs is 1. The molecule has 2 aromatic heterocycles. The Balaban J connectivity index is 0.00000243. The highest BCUT2D eigenvalue weighted by molar-refractivity contribution is 7.97. The van der Waals surface area contributed by atoms with E-state index in [0.29, 0.717) is 48.4 Å². The van der Waals surface area contributed by atoms with Crippen molar-refractivity contribution >= 4 is 92.7 Å². The van der Waals surface area contributed by atoms with E-state index in [1.165, 1.54) is 31.4 Å². The third kappa shape index (κ3) is 27.7. The number of aromatic amines is 2. The third-order valence-electron chi connectivity index (χ3n) is 18.1. The lowest BCUT2D eigenvalue weighted by molar-refractivity contribution is -0.344. The monoisotopic (exact) mass is 1510 g/mol. The Labute approximate surface area is 621 Å². The number of amides is 11. The molecule has 1 aliphatic carbocycles. The molecule has 0 bridgehead atoms. The first kappa shape index (κ1) is 85.3. The summed E-state index contributed by atoms with van der Waals surface area (Å²) in [5, 5.41) is 28.8. The minimum atomic E-state index is -5.19. The van der Waals surface area contributed by atoms with Crippen LogP contribution in [0.15, 0.2) is 130 Å². The quantitative estimate of drug-likeness (QED) is 0.0148. The maximum atomic E-state index is 14.5. The first-order chi connectivity index (χ1) is 50.7. The minimum Gasteiger partial charge on any atom is -0.542 e. The number of carbonyl (C=O) groups excluding carboxylic acids is 12. The first-order valence-electron chi connectivity index (χ1n) is 35.5. The zero-order valence-corrected chi connectivity index (χ0v) is 62.1. The van der Waals surface area contributed by atoms with E-state index in [4.69, 9.17) is 21.4 Å². The van der Waals surface area contributed by atoms with Crippen LogP contribution in [-0.4, -0.2) is 159 Å². The number of hydrogen-bond acceptors (Lipinski definition) is 15. The number of hydrazine groups is 1. The number of para-hydroxylation sites is 1. The smallest absolute Gasteiger partial charge is 0.430 e. The molecule has 578 valence electrons. The van der Waals surface area contributed by atoms with E-state index in [0.717, 1.165) is 49.6 Å². The second-order valence-corrected chi connectivity index (χ2v) is 29.1. The molecule has 2 heterocycles. The molecule has 7 rings (SSSR count). The van der Waals surface area contributed by atoms with E-state index < -0.39 is 137 Å². The predicted molar refractivity (Wildman–Crippen MR) is 391 cm³/mol. The van der Waals surface area contributed by atoms with Gasteiger partial charge in [0.25, 0.3) is 5.91 Å². The van der Waals surface area contributed by atoms with E-state index in [9.17, 15) is 65.9 Å². The lowest BCUT2D eigenvalue weighted by Gasteiger charge is -2.30. The van der Waals surface area contributed by atoms with Crippen LogP contribution in [-0.2, 0) is 76.5 Å². The number of halogens is 3. The molecular weight excluding hydrogens is 1410 g/mol. The summed E-state index contributed by atoms with van der Waals surface area (Å²) < 4.78 is 31.5. The number of aromatic nitrogens is 3. The van der Waals surface area contributed by atoms with Crippen molar-refractivity contribution in [1.82, 2.24) is 67.9 Å². The molecule has 8 atom stereocenters. The summed E-state index contributed by atoms with van der Waals surface area (Å²) in [5.41, 5.74) is 21.1. The van der Waals surface area contributed by atoms with E-state index in [2.05, 4.69) is 125 Å². The molecule has 1 fully saturated rings. The van der Waals surface area contributed by atoms with Crippen LogP contribution in [0.3, 0.4) is 0 Å². The number of unbranched alkanes of at least 4 members (excludes halogenated alkanes) is 1. The molecule has 4 aromatic carbocycles. The van der Waals surface area contributed by atoms with Crippen LogP contribution in [0.1, 0.15) is 138 Å². The van der Waals surface area contributed by atoms with Crippen LogP contribution in [0.25, 0.3) is 10.9 Å². The Hall–Kier alpha value is -10.6. The summed E-state index contributed by atoms with van der Waals surface area (Å²) in [7, 11) is 1.02. The van der Waals surface area contributed by atoms with Crippen molar-refractivity contribution in [3.05, 3.63) is 144 Å². The third-order valence-corrected chi connectivity index (χ3v) is 20.4. The van der Waals surface area contributed by atoms with Gasteiger partial charge in [-0.3, -0.25) is 58.2 Å². The SMILES string of the molecule is CC[C@H](C)[C@@H](CCC(=O)NN[C@@H](CC1CC1)C(N)=O)NC(=O)[C@H](Cc1cnc[nH]1)NC(=O)CNC(=O)[C@@H](NC(=O)[C@H](C)NC(=O)[C@H](Cc1c[nH]c2ccccc12)NC(=O)[C@H](CCC(N)=O)N(C)C(=O)CCCCNC(=O)c1ccc([S+](c2ccc(C)cc2)c2ccc(C)cc2)cc1)C(C)C.O=C([O-])C(F)(F)F. The van der Waals surface area contributed by atoms with Gasteiger partial charge in [0, 0.05) is 86.3 Å². The number of imidazole rings is 1. The maximum Gasteiger partial charge on any atom is 0.430 e. The number of aryl methyl sites for hydroxylation is 2. The molecule has 15 N–H and O–H groups in total. The number of carboxylic acids is 1. The van der Waals surface area contributed by atoms with Gasteiger partial charge in [-0.05, 0) is 131 Å². The van der Waals surface area contributed by atoms with Crippen molar-refractivity contribution in [2.75, 3.05) is 20.1 Å². The van der Waals surface area contributed by atoms with Gasteiger partial charge in [0.15, 0.2) is 14.7 Å². The molecule has 11 amide bonds. The summed E-state index contributed by atoms with van der Waals surface area (Å²) in [6.07, 6.45) is 2.98. The van der Waals surface area contributed by atoms with Gasteiger partial charge in [0.1, 0.15) is 42.2 Å². The highest BCUT2D eigenvalue weighted by Gasteiger charge is 2.36. The van der Waals surface area contributed by atoms with Gasteiger partial charge in [-0.25, -0.2) is 10.4 Å². The molecule has 0 aliphatic heterocycles. The van der Waals surface area contributed by atoms with E-state index >= 15 is 0 Å². The zero-order valence-electron chi connectivity index (χ0n) is 61.2. The van der Waals surface area contributed by atoms with Gasteiger partial charge in [0.2, 0.25) is 59.1 Å². The van der Waals surface area contributed by atoms with Crippen LogP contribution < -0.4 is 64.6 Å². The number of carbonyl (C=O) groups is 12. The van der Waals surface area contributed by atoms with Crippen LogP contribution in [0, 0.1) is 31.6 Å². The van der Waals surface area contributed by atoms with Crippen molar-refractivity contribution in [3.63, 3.8) is 0 Å². The van der Waals surface area contributed by atoms with Crippen LogP contribution in [0.2, 0.25) is 0 Å². The molecular formula is C75H98F3N15O13S. The molecule has 32 heteroatoms. The number of H-pyrrole nitrogens is 2. The average Bonchev–Trinajstić information content (AvgIpc) is 1.70. The fourth-order valence-corrected chi connectivity index (χ4v) is 13.4. The summed E-state index contributed by atoms with van der Waals surface area (Å²) in [6, 6.07) is 24.2. The van der Waals surface area contributed by atoms with Crippen LogP contribution in [0.5, 0.6) is 0 Å². The average molecular weight is 1510 g/mol. The fourth-order valence-electron chi connectivity index (χ4n) is 11.4. The number of likely N-dealkylation sites (N-methyl/N-ethyl adjacent to an activating group) is 1. The lowest BCUT2D eigenvalue weighted by atomic mass is 9.94. The van der Waals surface area contributed by atoms with Crippen LogP contribution in [0.4, 0.5) is 13.2 Å². The second-order valence-electron chi connectivity index (χ2n) is 27.1. The Bertz CT molecular complexity index is 3960. The van der Waals surface area contributed by atoms with E-state index in [1.54, 1.807) is 20.0 Å². The zero-order chi connectivity index (χ0) is 78.7. The molecule has 0 unspecified atom stereocenters. The number of rotatable bonds is 40. The molecule has 0 radical (unpaired) electrons. The summed E-state index contributed by atoms with van der Waals surface area (Å²) >= 11 is 0. The molecule has 28 nitrogen and oxygen atoms in total. The van der Waals surface area contributed by atoms with E-state index in [-0.39, 0.29) is 63.3 Å². The standard InChI is InChI=1S/C73H97N15O11S.C2HF3O2/c1-9-46(6)56(31-34-63(90)87-86-58(67(75)93)36-48-21-22-48)83-71(97)60(38-51-40-76-42-80-51)82-64(91)41-79-73(99)66(43(2)3)85-68(94)47(7)81-70(96)59(37-50-39-78-57-15-11-10-14-55(50)57)84-72(98)61(32-33-62(74)89)88(8)65(92)16-12-13-35-77-69(95)49-23-29-54(30-24-49)100(52-25-17-44(4)18-26-52)53-27-19-45(5)20-28-53;3-2(4,5)1(6)7/h10-11,14-15,17-20,23-30,39-40,42-43,46-48,56,58-61,66,78,86H,9,12-13,16,21-22,31-38,41H2,1-8H3,(H12-,74,75,76,77,79,80,81,82,83,84,85,87,89,90,91,93,94,95,96,97,98,99);(H,6,7)/t46-,47-,56+,58-,59-,60-,61-,66-;/m0./s1. The fraction of sp³-hybridized carbons (Fsp3) is 0.453. The summed E-state index contributed by atoms with van der Waals surface area (Å²) in [4.78, 5) is 172. The maximum absolute atomic E-state index is 14.5. The van der Waals surface area contributed by atoms with Crippen molar-refractivity contribution in [1.29, 1.82) is 0 Å². The number of alkyl halides is 3. The number of nitrogens with two attached hydrogens (primary N) is 2. The van der Waals surface area contributed by atoms with Crippen molar-refractivity contribution in [2.24, 2.45) is 29.2 Å². The molecule has 107 heavy (non-hydrogen) atoms. The van der Waals surface area contributed by atoms with Gasteiger partial charge in [-0.15, -0.1) is 0 Å². The first-order valence-corrected chi connectivity index (χ1v) is 36.7. The van der Waals surface area contributed by atoms with E-state index in [1.807, 2.05) is 62.4 Å². The number of aliphatic carboxylic acids is 1. The highest BCUT2D eigenvalue weighted by Crippen LogP contribution is 2.34. The van der Waals surface area contributed by atoms with Gasteiger partial charge >= 0.3 is 6.18 Å². The highest BCUT2D eigenvalue weighted by atomic mass is 32.2. The van der Waals surface area contributed by atoms with Gasteiger partial charge < -0.3 is 73.5 Å². The van der Waals surface area contributed by atoms with Gasteiger partial charge in [-0.1, -0.05) is 101 Å². The Kier molecular flexibility index (Phi) is 32.9. The number of primary amides is 2. The molecule has 1 saturated carbocycles. The molecule has 0 spiro atoms. The number of carboxylic acid groups (broad SMARTS) is 1.